The van der Waals surface area contributed by atoms with Crippen LogP contribution in [0.3, 0.4) is 0 Å². The summed E-state index contributed by atoms with van der Waals surface area (Å²) < 4.78 is 5.47. The van der Waals surface area contributed by atoms with Crippen LogP contribution in [0.5, 0.6) is 5.75 Å². The van der Waals surface area contributed by atoms with Crippen molar-refractivity contribution in [1.29, 1.82) is 0 Å². The second-order valence-electron chi connectivity index (χ2n) is 5.06. The van der Waals surface area contributed by atoms with E-state index in [1.54, 1.807) is 11.3 Å². The Morgan fingerprint density at radius 3 is 2.90 bits per heavy atom. The number of aryl methyl sites for hydroxylation is 2. The van der Waals surface area contributed by atoms with Crippen LogP contribution in [0.15, 0.2) is 30.3 Å². The normalized spacial score (nSPS) is 13.8. The molecule has 0 saturated carbocycles. The first-order valence-electron chi connectivity index (χ1n) is 7.17. The zero-order valence-corrected chi connectivity index (χ0v) is 12.5. The molecule has 0 bridgehead atoms. The number of carbonyl (C=O) groups is 1. The molecule has 20 heavy (non-hydrogen) atoms. The molecule has 1 aliphatic rings. The van der Waals surface area contributed by atoms with Crippen molar-refractivity contribution in [1.82, 2.24) is 0 Å². The van der Waals surface area contributed by atoms with Crippen molar-refractivity contribution in [3.63, 3.8) is 0 Å². The van der Waals surface area contributed by atoms with Gasteiger partial charge in [-0.2, -0.15) is 0 Å². The minimum Gasteiger partial charge on any atom is -0.494 e. The van der Waals surface area contributed by atoms with E-state index in [1.165, 1.54) is 23.3 Å². The van der Waals surface area contributed by atoms with Crippen molar-refractivity contribution in [2.45, 2.75) is 32.6 Å². The summed E-state index contributed by atoms with van der Waals surface area (Å²) in [4.78, 5) is 14.8. The molecule has 1 heterocycles. The first kappa shape index (κ1) is 13.4. The summed E-state index contributed by atoms with van der Waals surface area (Å²) in [7, 11) is 0. The van der Waals surface area contributed by atoms with Gasteiger partial charge in [0.15, 0.2) is 0 Å². The van der Waals surface area contributed by atoms with Gasteiger partial charge in [-0.15, -0.1) is 11.3 Å². The molecule has 0 N–H and O–H groups in total. The molecule has 1 aromatic heterocycles. The third-order valence-corrected chi connectivity index (χ3v) is 4.86. The number of rotatable bonds is 4. The summed E-state index contributed by atoms with van der Waals surface area (Å²) in [5, 5.41) is 0. The molecule has 0 aliphatic heterocycles. The quantitative estimate of drug-likeness (QED) is 0.785. The number of ether oxygens (including phenoxy) is 1. The summed E-state index contributed by atoms with van der Waals surface area (Å²) >= 11 is 1.67. The molecular formula is C17H18O2S. The smallest absolute Gasteiger partial charge is 0.203 e. The van der Waals surface area contributed by atoms with Crippen LogP contribution in [0.2, 0.25) is 0 Å². The standard InChI is InChI=1S/C17H18O2S/c1-2-19-14-8-5-7-13(10-14)17(18)16-11-12-6-3-4-9-15(12)20-16/h5,7-8,10-11H,2-4,6,9H2,1H3. The molecule has 0 atom stereocenters. The summed E-state index contributed by atoms with van der Waals surface area (Å²) in [5.74, 6) is 0.880. The lowest BCUT2D eigenvalue weighted by molar-refractivity contribution is 0.104. The average Bonchev–Trinajstić information content (AvgIpc) is 2.91. The van der Waals surface area contributed by atoms with Gasteiger partial charge in [0.25, 0.3) is 0 Å². The molecule has 2 nitrogen and oxygen atoms in total. The van der Waals surface area contributed by atoms with Crippen LogP contribution in [0, 0.1) is 0 Å². The van der Waals surface area contributed by atoms with Crippen LogP contribution in [-0.4, -0.2) is 12.4 Å². The predicted molar refractivity (Wildman–Crippen MR) is 82.0 cm³/mol. The van der Waals surface area contributed by atoms with Gasteiger partial charge in [-0.3, -0.25) is 4.79 Å². The van der Waals surface area contributed by atoms with Crippen LogP contribution in [-0.2, 0) is 12.8 Å². The number of hydrogen-bond donors (Lipinski definition) is 0. The fourth-order valence-corrected chi connectivity index (χ4v) is 3.85. The fraction of sp³-hybridized carbons (Fsp3) is 0.353. The molecule has 0 saturated heterocycles. The first-order valence-corrected chi connectivity index (χ1v) is 7.98. The van der Waals surface area contributed by atoms with Gasteiger partial charge >= 0.3 is 0 Å². The van der Waals surface area contributed by atoms with E-state index < -0.39 is 0 Å². The lowest BCUT2D eigenvalue weighted by Crippen LogP contribution is -2.00. The molecule has 0 radical (unpaired) electrons. The largest absolute Gasteiger partial charge is 0.494 e. The first-order chi connectivity index (χ1) is 9.78. The predicted octanol–water partition coefficient (Wildman–Crippen LogP) is 4.26. The summed E-state index contributed by atoms with van der Waals surface area (Å²) in [6.45, 7) is 2.56. The minimum absolute atomic E-state index is 0.117. The van der Waals surface area contributed by atoms with Gasteiger partial charge in [0.2, 0.25) is 5.78 Å². The molecule has 0 fully saturated rings. The molecular weight excluding hydrogens is 268 g/mol. The highest BCUT2D eigenvalue weighted by Gasteiger charge is 2.18. The van der Waals surface area contributed by atoms with Gasteiger partial charge in [0.05, 0.1) is 11.5 Å². The number of ketones is 1. The van der Waals surface area contributed by atoms with Gasteiger partial charge in [-0.05, 0) is 56.4 Å². The van der Waals surface area contributed by atoms with E-state index in [-0.39, 0.29) is 5.78 Å². The molecule has 3 heteroatoms. The van der Waals surface area contributed by atoms with Gasteiger partial charge in [-0.25, -0.2) is 0 Å². The number of carbonyl (C=O) groups excluding carboxylic acids is 1. The molecule has 1 aromatic carbocycles. The highest BCUT2D eigenvalue weighted by atomic mass is 32.1. The Hall–Kier alpha value is -1.61. The van der Waals surface area contributed by atoms with E-state index in [9.17, 15) is 4.79 Å². The maximum Gasteiger partial charge on any atom is 0.203 e. The number of benzene rings is 1. The van der Waals surface area contributed by atoms with E-state index in [4.69, 9.17) is 4.74 Å². The highest BCUT2D eigenvalue weighted by molar-refractivity contribution is 7.14. The summed E-state index contributed by atoms with van der Waals surface area (Å²) in [5.41, 5.74) is 2.10. The Balaban J connectivity index is 1.88. The maximum atomic E-state index is 12.6. The summed E-state index contributed by atoms with van der Waals surface area (Å²) in [6, 6.07) is 9.56. The van der Waals surface area contributed by atoms with Crippen molar-refractivity contribution >= 4 is 17.1 Å². The lowest BCUT2D eigenvalue weighted by Gasteiger charge is -2.08. The zero-order chi connectivity index (χ0) is 13.9. The monoisotopic (exact) mass is 286 g/mol. The lowest BCUT2D eigenvalue weighted by atomic mass is 9.98. The van der Waals surface area contributed by atoms with Crippen LogP contribution < -0.4 is 4.74 Å². The molecule has 3 rings (SSSR count). The number of thiophene rings is 1. The zero-order valence-electron chi connectivity index (χ0n) is 11.6. The van der Waals surface area contributed by atoms with Crippen LogP contribution >= 0.6 is 11.3 Å². The van der Waals surface area contributed by atoms with Crippen molar-refractivity contribution in [3.8, 4) is 5.75 Å². The van der Waals surface area contributed by atoms with E-state index in [2.05, 4.69) is 6.07 Å². The van der Waals surface area contributed by atoms with Gasteiger partial charge < -0.3 is 4.74 Å². The molecule has 0 spiro atoms. The van der Waals surface area contributed by atoms with E-state index in [1.807, 2.05) is 31.2 Å². The van der Waals surface area contributed by atoms with Crippen molar-refractivity contribution in [3.05, 3.63) is 51.2 Å². The molecule has 1 aliphatic carbocycles. The van der Waals surface area contributed by atoms with Gasteiger partial charge in [-0.1, -0.05) is 12.1 Å². The van der Waals surface area contributed by atoms with Crippen LogP contribution in [0.25, 0.3) is 0 Å². The third-order valence-electron chi connectivity index (χ3n) is 3.63. The Morgan fingerprint density at radius 2 is 2.10 bits per heavy atom. The second kappa shape index (κ2) is 5.80. The van der Waals surface area contributed by atoms with Crippen molar-refractivity contribution < 1.29 is 9.53 Å². The number of fused-ring (bicyclic) bond motifs is 1. The molecule has 104 valence electrons. The third kappa shape index (κ3) is 2.63. The SMILES string of the molecule is CCOc1cccc(C(=O)c2cc3c(s2)CCCC3)c1. The topological polar surface area (TPSA) is 26.3 Å². The molecule has 0 unspecified atom stereocenters. The fourth-order valence-electron chi connectivity index (χ4n) is 2.64. The minimum atomic E-state index is 0.117. The Kier molecular flexibility index (Phi) is 3.88. The number of hydrogen-bond acceptors (Lipinski definition) is 3. The Morgan fingerprint density at radius 1 is 1.25 bits per heavy atom. The van der Waals surface area contributed by atoms with E-state index in [0.717, 1.165) is 29.0 Å². The summed E-state index contributed by atoms with van der Waals surface area (Å²) in [6.07, 6.45) is 4.75. The highest BCUT2D eigenvalue weighted by Crippen LogP contribution is 2.31. The van der Waals surface area contributed by atoms with Crippen molar-refractivity contribution in [2.24, 2.45) is 0 Å². The van der Waals surface area contributed by atoms with Gasteiger partial charge in [0.1, 0.15) is 5.75 Å². The van der Waals surface area contributed by atoms with Crippen molar-refractivity contribution in [2.75, 3.05) is 6.61 Å². The second-order valence-corrected chi connectivity index (χ2v) is 6.19. The Bertz CT molecular complexity index is 604. The maximum absolute atomic E-state index is 12.6. The average molecular weight is 286 g/mol. The van der Waals surface area contributed by atoms with Crippen LogP contribution in [0.1, 0.15) is 45.4 Å². The van der Waals surface area contributed by atoms with Gasteiger partial charge in [0, 0.05) is 10.4 Å². The Labute approximate surface area is 123 Å². The molecule has 0 amide bonds. The van der Waals surface area contributed by atoms with Crippen LogP contribution in [0.4, 0.5) is 0 Å². The van der Waals surface area contributed by atoms with E-state index in [0.29, 0.717) is 6.61 Å². The molecule has 2 aromatic rings. The van der Waals surface area contributed by atoms with E-state index >= 15 is 0 Å².